The number of pyridine rings is 1. The summed E-state index contributed by atoms with van der Waals surface area (Å²) >= 11 is 5.84. The van der Waals surface area contributed by atoms with E-state index < -0.39 is 5.92 Å². The lowest BCUT2D eigenvalue weighted by Gasteiger charge is -2.14. The van der Waals surface area contributed by atoms with Crippen LogP contribution in [0, 0.1) is 0 Å². The van der Waals surface area contributed by atoms with Gasteiger partial charge in [0.05, 0.1) is 12.8 Å². The Morgan fingerprint density at radius 1 is 1.22 bits per heavy atom. The molecule has 92 valence electrons. The lowest BCUT2D eigenvalue weighted by Crippen LogP contribution is -2.16. The Morgan fingerprint density at radius 2 is 1.94 bits per heavy atom. The Morgan fingerprint density at radius 3 is 2.50 bits per heavy atom. The highest BCUT2D eigenvalue weighted by Gasteiger charge is 2.24. The van der Waals surface area contributed by atoms with E-state index in [9.17, 15) is 4.79 Å². The third-order valence-electron chi connectivity index (χ3n) is 2.62. The number of benzene rings is 1. The van der Waals surface area contributed by atoms with Crippen LogP contribution in [0.4, 0.5) is 0 Å². The second-order valence-electron chi connectivity index (χ2n) is 3.76. The van der Waals surface area contributed by atoms with Crippen molar-refractivity contribution in [2.75, 3.05) is 7.11 Å². The number of rotatable bonds is 3. The smallest absolute Gasteiger partial charge is 0.319 e. The molecular formula is C14H12ClNO2. The molecule has 0 spiro atoms. The zero-order valence-electron chi connectivity index (χ0n) is 9.84. The van der Waals surface area contributed by atoms with Crippen LogP contribution in [0.5, 0.6) is 0 Å². The number of nitrogens with zero attached hydrogens (tertiary/aromatic N) is 1. The van der Waals surface area contributed by atoms with Gasteiger partial charge in [-0.1, -0.05) is 29.8 Å². The third-order valence-corrected chi connectivity index (χ3v) is 2.88. The second kappa shape index (κ2) is 5.65. The second-order valence-corrected chi connectivity index (χ2v) is 4.20. The fourth-order valence-electron chi connectivity index (χ4n) is 1.75. The van der Waals surface area contributed by atoms with Gasteiger partial charge in [-0.15, -0.1) is 0 Å². The van der Waals surface area contributed by atoms with E-state index >= 15 is 0 Å². The molecule has 1 aromatic carbocycles. The average Bonchev–Trinajstić information content (AvgIpc) is 2.42. The highest BCUT2D eigenvalue weighted by Crippen LogP contribution is 2.25. The molecule has 0 aliphatic carbocycles. The maximum atomic E-state index is 11.9. The Labute approximate surface area is 110 Å². The minimum Gasteiger partial charge on any atom is -0.468 e. The van der Waals surface area contributed by atoms with Crippen LogP contribution in [-0.4, -0.2) is 18.1 Å². The largest absolute Gasteiger partial charge is 0.468 e. The van der Waals surface area contributed by atoms with Crippen LogP contribution in [0.1, 0.15) is 17.2 Å². The molecule has 3 nitrogen and oxygen atoms in total. The zero-order valence-corrected chi connectivity index (χ0v) is 10.6. The predicted molar refractivity (Wildman–Crippen MR) is 69.5 cm³/mol. The lowest BCUT2D eigenvalue weighted by atomic mass is 9.95. The Bertz CT molecular complexity index is 525. The number of methoxy groups -OCH3 is 1. The van der Waals surface area contributed by atoms with Gasteiger partial charge in [0.2, 0.25) is 0 Å². The van der Waals surface area contributed by atoms with Gasteiger partial charge in [-0.25, -0.2) is 0 Å². The number of esters is 1. The van der Waals surface area contributed by atoms with Crippen LogP contribution in [0.2, 0.25) is 5.02 Å². The number of aromatic nitrogens is 1. The van der Waals surface area contributed by atoms with E-state index in [0.29, 0.717) is 10.7 Å². The number of hydrogen-bond donors (Lipinski definition) is 0. The summed E-state index contributed by atoms with van der Waals surface area (Å²) in [6.07, 6.45) is 1.65. The molecule has 1 aromatic heterocycles. The molecule has 0 fully saturated rings. The maximum Gasteiger partial charge on any atom is 0.319 e. The molecule has 2 rings (SSSR count). The summed E-state index contributed by atoms with van der Waals surface area (Å²) in [6, 6.07) is 12.5. The molecule has 0 saturated heterocycles. The van der Waals surface area contributed by atoms with Gasteiger partial charge in [0.1, 0.15) is 5.92 Å². The highest BCUT2D eigenvalue weighted by molar-refractivity contribution is 6.30. The first-order valence-corrected chi connectivity index (χ1v) is 5.84. The predicted octanol–water partition coefficient (Wildman–Crippen LogP) is 3.04. The fourth-order valence-corrected chi connectivity index (χ4v) is 1.87. The molecule has 0 N–H and O–H groups in total. The molecule has 0 aliphatic heterocycles. The Hall–Kier alpha value is -1.87. The Kier molecular flexibility index (Phi) is 3.95. The molecule has 1 atom stereocenters. The van der Waals surface area contributed by atoms with Crippen molar-refractivity contribution in [1.29, 1.82) is 0 Å². The van der Waals surface area contributed by atoms with Crippen LogP contribution < -0.4 is 0 Å². The fraction of sp³-hybridized carbons (Fsp3) is 0.143. The van der Waals surface area contributed by atoms with Crippen molar-refractivity contribution in [3.05, 3.63) is 64.9 Å². The molecule has 0 saturated carbocycles. The standard InChI is InChI=1S/C14H12ClNO2/c1-18-14(17)13(12-4-2-3-9-16-12)10-5-7-11(15)8-6-10/h2-9,13H,1H3. The minimum absolute atomic E-state index is 0.337. The third kappa shape index (κ3) is 2.68. The summed E-state index contributed by atoms with van der Waals surface area (Å²) in [5.74, 6) is -0.857. The summed E-state index contributed by atoms with van der Waals surface area (Å²) in [5, 5.41) is 0.628. The average molecular weight is 262 g/mol. The van der Waals surface area contributed by atoms with Crippen LogP contribution in [0.25, 0.3) is 0 Å². The first kappa shape index (κ1) is 12.6. The molecule has 1 heterocycles. The Balaban J connectivity index is 2.43. The van der Waals surface area contributed by atoms with Crippen LogP contribution in [0.3, 0.4) is 0 Å². The number of carbonyl (C=O) groups excluding carboxylic acids is 1. The van der Waals surface area contributed by atoms with Crippen molar-refractivity contribution in [3.63, 3.8) is 0 Å². The summed E-state index contributed by atoms with van der Waals surface area (Å²) in [7, 11) is 1.37. The number of halogens is 1. The van der Waals surface area contributed by atoms with E-state index in [1.54, 1.807) is 42.6 Å². The molecule has 0 aliphatic rings. The summed E-state index contributed by atoms with van der Waals surface area (Å²) in [5.41, 5.74) is 1.47. The number of ether oxygens (including phenoxy) is 1. The van der Waals surface area contributed by atoms with E-state index in [-0.39, 0.29) is 5.97 Å². The quantitative estimate of drug-likeness (QED) is 0.797. The maximum absolute atomic E-state index is 11.9. The molecule has 18 heavy (non-hydrogen) atoms. The first-order valence-electron chi connectivity index (χ1n) is 5.46. The number of hydrogen-bond acceptors (Lipinski definition) is 3. The topological polar surface area (TPSA) is 39.2 Å². The summed E-state index contributed by atoms with van der Waals surface area (Å²) in [6.45, 7) is 0. The van der Waals surface area contributed by atoms with Crippen molar-refractivity contribution in [1.82, 2.24) is 4.98 Å². The molecule has 4 heteroatoms. The highest BCUT2D eigenvalue weighted by atomic mass is 35.5. The monoisotopic (exact) mass is 261 g/mol. The van der Waals surface area contributed by atoms with E-state index in [4.69, 9.17) is 16.3 Å². The van der Waals surface area contributed by atoms with Crippen LogP contribution in [-0.2, 0) is 9.53 Å². The molecule has 2 aromatic rings. The van der Waals surface area contributed by atoms with Gasteiger partial charge in [0.25, 0.3) is 0 Å². The van der Waals surface area contributed by atoms with Crippen molar-refractivity contribution >= 4 is 17.6 Å². The molecule has 0 amide bonds. The van der Waals surface area contributed by atoms with Crippen LogP contribution >= 0.6 is 11.6 Å². The van der Waals surface area contributed by atoms with Gasteiger partial charge in [-0.05, 0) is 29.8 Å². The molecule has 0 radical (unpaired) electrons. The minimum atomic E-state index is -0.520. The number of carbonyl (C=O) groups is 1. The molecule has 0 bridgehead atoms. The van der Waals surface area contributed by atoms with Crippen molar-refractivity contribution < 1.29 is 9.53 Å². The van der Waals surface area contributed by atoms with Gasteiger partial charge >= 0.3 is 5.97 Å². The van der Waals surface area contributed by atoms with Gasteiger partial charge in [-0.3, -0.25) is 9.78 Å². The van der Waals surface area contributed by atoms with E-state index in [1.165, 1.54) is 7.11 Å². The van der Waals surface area contributed by atoms with Gasteiger partial charge in [0, 0.05) is 11.2 Å². The normalized spacial score (nSPS) is 11.9. The van der Waals surface area contributed by atoms with Crippen molar-refractivity contribution in [2.24, 2.45) is 0 Å². The van der Waals surface area contributed by atoms with Gasteiger partial charge in [-0.2, -0.15) is 0 Å². The summed E-state index contributed by atoms with van der Waals surface area (Å²) in [4.78, 5) is 16.1. The SMILES string of the molecule is COC(=O)C(c1ccc(Cl)cc1)c1ccccn1. The lowest BCUT2D eigenvalue weighted by molar-refractivity contribution is -0.141. The first-order chi connectivity index (χ1) is 8.72. The van der Waals surface area contributed by atoms with E-state index in [1.807, 2.05) is 6.07 Å². The molecule has 1 unspecified atom stereocenters. The van der Waals surface area contributed by atoms with Crippen LogP contribution in [0.15, 0.2) is 48.7 Å². The van der Waals surface area contributed by atoms with E-state index in [0.717, 1.165) is 5.56 Å². The van der Waals surface area contributed by atoms with E-state index in [2.05, 4.69) is 4.98 Å². The van der Waals surface area contributed by atoms with Crippen molar-refractivity contribution in [3.8, 4) is 0 Å². The molecular weight excluding hydrogens is 250 g/mol. The van der Waals surface area contributed by atoms with Gasteiger partial charge < -0.3 is 4.74 Å². The summed E-state index contributed by atoms with van der Waals surface area (Å²) < 4.78 is 4.84. The van der Waals surface area contributed by atoms with Crippen molar-refractivity contribution in [2.45, 2.75) is 5.92 Å². The zero-order chi connectivity index (χ0) is 13.0. The van der Waals surface area contributed by atoms with Gasteiger partial charge in [0.15, 0.2) is 0 Å².